The Morgan fingerprint density at radius 1 is 1.22 bits per heavy atom. The summed E-state index contributed by atoms with van der Waals surface area (Å²) in [4.78, 5) is 12.4. The van der Waals surface area contributed by atoms with E-state index < -0.39 is 11.7 Å². The van der Waals surface area contributed by atoms with Crippen molar-refractivity contribution in [1.82, 2.24) is 15.5 Å². The van der Waals surface area contributed by atoms with E-state index in [0.717, 1.165) is 17.1 Å². The molecule has 2 N–H and O–H groups in total. The quantitative estimate of drug-likeness (QED) is 0.709. The molecule has 2 aromatic carbocycles. The first-order chi connectivity index (χ1) is 13.1. The van der Waals surface area contributed by atoms with Crippen molar-refractivity contribution >= 4 is 29.1 Å². The molecule has 0 bridgehead atoms. The van der Waals surface area contributed by atoms with E-state index in [1.807, 2.05) is 24.5 Å². The Kier molecular flexibility index (Phi) is 4.64. The number of nitrogens with one attached hydrogen (secondary N) is 2. The van der Waals surface area contributed by atoms with Crippen LogP contribution in [-0.2, 0) is 0 Å². The lowest BCUT2D eigenvalue weighted by Gasteiger charge is -2.10. The van der Waals surface area contributed by atoms with Crippen LogP contribution in [-0.4, -0.2) is 22.0 Å². The lowest BCUT2D eigenvalue weighted by molar-refractivity contribution is 0.102. The van der Waals surface area contributed by atoms with Crippen LogP contribution in [0, 0.1) is 12.7 Å². The topological polar surface area (TPSA) is 80.1 Å². The predicted molar refractivity (Wildman–Crippen MR) is 102 cm³/mol. The van der Waals surface area contributed by atoms with Crippen molar-refractivity contribution in [3.05, 3.63) is 70.7 Å². The van der Waals surface area contributed by atoms with Gasteiger partial charge in [-0.1, -0.05) is 18.2 Å². The number of benzene rings is 2. The highest BCUT2D eigenvalue weighted by Gasteiger charge is 2.17. The van der Waals surface area contributed by atoms with Crippen molar-refractivity contribution in [1.29, 1.82) is 0 Å². The lowest BCUT2D eigenvalue weighted by atomic mass is 10.1. The largest absolute Gasteiger partial charge is 0.415 e. The molecule has 0 radical (unpaired) electrons. The molecule has 3 aromatic rings. The summed E-state index contributed by atoms with van der Waals surface area (Å²) in [5.74, 6) is 0.431. The maximum absolute atomic E-state index is 13.8. The van der Waals surface area contributed by atoms with E-state index in [-0.39, 0.29) is 5.56 Å². The number of rotatable bonds is 4. The summed E-state index contributed by atoms with van der Waals surface area (Å²) in [6.45, 7) is 1.85. The summed E-state index contributed by atoms with van der Waals surface area (Å²) in [5, 5.41) is 15.9. The molecule has 136 valence electrons. The minimum Gasteiger partial charge on any atom is -0.415 e. The van der Waals surface area contributed by atoms with Crippen LogP contribution in [0.2, 0.25) is 0 Å². The molecular weight excluding hydrogens is 367 g/mol. The normalized spacial score (nSPS) is 13.2. The standard InChI is InChI=1S/C19H15FN4O2S/c1-11-6-7-12(18-23-24-19(26-18)16-9-27-10-21-16)8-15(11)22-17(25)13-4-2-3-5-14(13)20/h2-9,21H,10H2,1H3,(H,22,25). The second-order valence-electron chi connectivity index (χ2n) is 5.90. The van der Waals surface area contributed by atoms with E-state index in [2.05, 4.69) is 20.8 Å². The molecule has 0 spiro atoms. The third-order valence-electron chi connectivity index (χ3n) is 4.05. The molecule has 0 unspecified atom stereocenters. The van der Waals surface area contributed by atoms with E-state index in [0.29, 0.717) is 23.0 Å². The fraction of sp³-hybridized carbons (Fsp3) is 0.105. The molecule has 0 saturated carbocycles. The van der Waals surface area contributed by atoms with Gasteiger partial charge in [0.1, 0.15) is 11.5 Å². The zero-order valence-electron chi connectivity index (χ0n) is 14.3. The Balaban J connectivity index is 1.60. The summed E-state index contributed by atoms with van der Waals surface area (Å²) in [6.07, 6.45) is 0. The van der Waals surface area contributed by atoms with Gasteiger partial charge in [-0.3, -0.25) is 4.79 Å². The fourth-order valence-electron chi connectivity index (χ4n) is 2.59. The van der Waals surface area contributed by atoms with E-state index in [1.54, 1.807) is 23.9 Å². The number of nitrogens with zero attached hydrogens (tertiary/aromatic N) is 2. The van der Waals surface area contributed by atoms with Crippen molar-refractivity contribution in [2.45, 2.75) is 6.92 Å². The van der Waals surface area contributed by atoms with Crippen molar-refractivity contribution in [3.8, 4) is 11.5 Å². The molecule has 0 saturated heterocycles. The zero-order valence-corrected chi connectivity index (χ0v) is 15.1. The molecule has 1 aromatic heterocycles. The Morgan fingerprint density at radius 3 is 2.81 bits per heavy atom. The summed E-state index contributed by atoms with van der Waals surface area (Å²) in [6, 6.07) is 11.2. The van der Waals surface area contributed by atoms with Crippen LogP contribution in [0.4, 0.5) is 10.1 Å². The van der Waals surface area contributed by atoms with Crippen LogP contribution >= 0.6 is 11.8 Å². The Morgan fingerprint density at radius 2 is 2.04 bits per heavy atom. The SMILES string of the molecule is Cc1ccc(-c2nnc(C3=CSCN3)o2)cc1NC(=O)c1ccccc1F. The minimum absolute atomic E-state index is 0.0147. The van der Waals surface area contributed by atoms with Gasteiger partial charge in [-0.05, 0) is 36.8 Å². The molecule has 0 aliphatic carbocycles. The van der Waals surface area contributed by atoms with Gasteiger partial charge in [0.15, 0.2) is 0 Å². The molecule has 1 aliphatic heterocycles. The molecule has 0 fully saturated rings. The molecule has 27 heavy (non-hydrogen) atoms. The fourth-order valence-corrected chi connectivity index (χ4v) is 3.26. The molecule has 8 heteroatoms. The Hall–Kier alpha value is -3.13. The molecule has 6 nitrogen and oxygen atoms in total. The van der Waals surface area contributed by atoms with Gasteiger partial charge in [-0.25, -0.2) is 4.39 Å². The van der Waals surface area contributed by atoms with Crippen LogP contribution in [0.25, 0.3) is 17.2 Å². The molecule has 1 aliphatic rings. The summed E-state index contributed by atoms with van der Waals surface area (Å²) in [7, 11) is 0. The second-order valence-corrected chi connectivity index (χ2v) is 6.75. The number of thioether (sulfide) groups is 1. The van der Waals surface area contributed by atoms with Crippen molar-refractivity contribution in [2.75, 3.05) is 11.2 Å². The zero-order chi connectivity index (χ0) is 18.8. The predicted octanol–water partition coefficient (Wildman–Crippen LogP) is 4.03. The van der Waals surface area contributed by atoms with Gasteiger partial charge >= 0.3 is 0 Å². The first-order valence-electron chi connectivity index (χ1n) is 8.18. The third kappa shape index (κ3) is 3.56. The number of carbonyl (C=O) groups is 1. The Labute approximate surface area is 158 Å². The molecule has 2 heterocycles. The number of anilines is 1. The van der Waals surface area contributed by atoms with Crippen LogP contribution in [0.3, 0.4) is 0 Å². The van der Waals surface area contributed by atoms with Gasteiger partial charge in [0.25, 0.3) is 11.8 Å². The van der Waals surface area contributed by atoms with E-state index >= 15 is 0 Å². The van der Waals surface area contributed by atoms with E-state index in [1.165, 1.54) is 18.2 Å². The maximum atomic E-state index is 13.8. The summed E-state index contributed by atoms with van der Waals surface area (Å²) in [5.41, 5.74) is 2.82. The highest BCUT2D eigenvalue weighted by Crippen LogP contribution is 2.28. The van der Waals surface area contributed by atoms with E-state index in [4.69, 9.17) is 4.42 Å². The average molecular weight is 382 g/mol. The second kappa shape index (κ2) is 7.24. The van der Waals surface area contributed by atoms with Crippen molar-refractivity contribution in [3.63, 3.8) is 0 Å². The smallest absolute Gasteiger partial charge is 0.264 e. The van der Waals surface area contributed by atoms with Gasteiger partial charge in [-0.15, -0.1) is 22.0 Å². The minimum atomic E-state index is -0.569. The number of hydrogen-bond acceptors (Lipinski definition) is 6. The highest BCUT2D eigenvalue weighted by molar-refractivity contribution is 8.02. The average Bonchev–Trinajstić information content (AvgIpc) is 3.35. The monoisotopic (exact) mass is 382 g/mol. The number of halogens is 1. The van der Waals surface area contributed by atoms with Crippen LogP contribution in [0.1, 0.15) is 21.8 Å². The number of aromatic nitrogens is 2. The number of amides is 1. The van der Waals surface area contributed by atoms with Crippen LogP contribution < -0.4 is 10.6 Å². The lowest BCUT2D eigenvalue weighted by Crippen LogP contribution is -2.14. The summed E-state index contributed by atoms with van der Waals surface area (Å²) >= 11 is 1.61. The molecular formula is C19H15FN4O2S. The molecule has 0 atom stereocenters. The number of hydrogen-bond donors (Lipinski definition) is 2. The number of aryl methyl sites for hydroxylation is 1. The number of carbonyl (C=O) groups excluding carboxylic acids is 1. The van der Waals surface area contributed by atoms with Crippen molar-refractivity contribution < 1.29 is 13.6 Å². The molecule has 4 rings (SSSR count). The van der Waals surface area contributed by atoms with Gasteiger partial charge in [0.2, 0.25) is 5.89 Å². The third-order valence-corrected chi connectivity index (χ3v) is 4.77. The van der Waals surface area contributed by atoms with Gasteiger partial charge in [0, 0.05) is 16.7 Å². The maximum Gasteiger partial charge on any atom is 0.264 e. The first-order valence-corrected chi connectivity index (χ1v) is 9.23. The van der Waals surface area contributed by atoms with Crippen LogP contribution in [0.5, 0.6) is 0 Å². The van der Waals surface area contributed by atoms with Gasteiger partial charge < -0.3 is 15.1 Å². The molecule has 1 amide bonds. The van der Waals surface area contributed by atoms with Crippen molar-refractivity contribution in [2.24, 2.45) is 0 Å². The first kappa shape index (κ1) is 17.3. The van der Waals surface area contributed by atoms with Gasteiger partial charge in [0.05, 0.1) is 11.4 Å². The van der Waals surface area contributed by atoms with E-state index in [9.17, 15) is 9.18 Å². The van der Waals surface area contributed by atoms with Crippen LogP contribution in [0.15, 0.2) is 52.3 Å². The summed E-state index contributed by atoms with van der Waals surface area (Å²) < 4.78 is 19.5. The van der Waals surface area contributed by atoms with Gasteiger partial charge in [-0.2, -0.15) is 0 Å². The highest BCUT2D eigenvalue weighted by atomic mass is 32.2. The Bertz CT molecular complexity index is 1050.